The zero-order chi connectivity index (χ0) is 13.0. The van der Waals surface area contributed by atoms with E-state index in [0.717, 1.165) is 23.4 Å². The van der Waals surface area contributed by atoms with Crippen molar-refractivity contribution in [1.82, 2.24) is 4.98 Å². The first-order valence-corrected chi connectivity index (χ1v) is 6.52. The maximum atomic E-state index is 11.2. The molecule has 0 spiro atoms. The third-order valence-electron chi connectivity index (χ3n) is 2.51. The van der Waals surface area contributed by atoms with Gasteiger partial charge >= 0.3 is 5.97 Å². The molecule has 19 heavy (non-hydrogen) atoms. The van der Waals surface area contributed by atoms with Gasteiger partial charge in [0.25, 0.3) is 0 Å². The number of carboxylic acids is 1. The first-order chi connectivity index (χ1) is 8.72. The number of aromatic nitrogens is 1. The van der Waals surface area contributed by atoms with Crippen LogP contribution in [0, 0.1) is 0 Å². The summed E-state index contributed by atoms with van der Waals surface area (Å²) < 4.78 is 0. The summed E-state index contributed by atoms with van der Waals surface area (Å²) in [5, 5.41) is 10.0. The number of rotatable bonds is 5. The van der Waals surface area contributed by atoms with Gasteiger partial charge in [0, 0.05) is 12.0 Å². The minimum Gasteiger partial charge on any atom is -0.477 e. The minimum absolute atomic E-state index is 0. The average molecular weight is 299 g/mol. The summed E-state index contributed by atoms with van der Waals surface area (Å²) in [4.78, 5) is 15.9. The second-order valence-corrected chi connectivity index (χ2v) is 4.93. The predicted molar refractivity (Wildman–Crippen MR) is 79.1 cm³/mol. The molecule has 102 valence electrons. The molecule has 4 nitrogen and oxygen atoms in total. The second-order valence-electron chi connectivity index (χ2n) is 3.85. The van der Waals surface area contributed by atoms with E-state index in [1.54, 1.807) is 0 Å². The fraction of sp³-hybridized carbons (Fsp3) is 0.231. The summed E-state index contributed by atoms with van der Waals surface area (Å²) in [6.07, 6.45) is 1.55. The molecular formula is C13H15ClN2O2S. The number of carbonyl (C=O) groups is 1. The highest BCUT2D eigenvalue weighted by Crippen LogP contribution is 2.28. The van der Waals surface area contributed by atoms with Crippen LogP contribution in [-0.2, 0) is 6.42 Å². The zero-order valence-corrected chi connectivity index (χ0v) is 11.8. The van der Waals surface area contributed by atoms with Crippen LogP contribution in [0.1, 0.15) is 21.1 Å². The van der Waals surface area contributed by atoms with Crippen LogP contribution >= 0.6 is 23.7 Å². The Morgan fingerprint density at radius 1 is 1.32 bits per heavy atom. The molecule has 0 amide bonds. The van der Waals surface area contributed by atoms with Gasteiger partial charge in [0.05, 0.1) is 10.7 Å². The maximum Gasteiger partial charge on any atom is 0.348 e. The second kappa shape index (κ2) is 7.23. The summed E-state index contributed by atoms with van der Waals surface area (Å²) in [6.45, 7) is 0.586. The normalized spacial score (nSPS) is 9.95. The van der Waals surface area contributed by atoms with E-state index in [-0.39, 0.29) is 12.4 Å². The lowest BCUT2D eigenvalue weighted by atomic mass is 10.1. The fourth-order valence-corrected chi connectivity index (χ4v) is 2.63. The highest BCUT2D eigenvalue weighted by Gasteiger charge is 2.18. The van der Waals surface area contributed by atoms with Crippen molar-refractivity contribution in [2.75, 3.05) is 6.54 Å². The first kappa shape index (κ1) is 15.6. The Labute approximate surface area is 121 Å². The van der Waals surface area contributed by atoms with E-state index in [9.17, 15) is 9.90 Å². The third kappa shape index (κ3) is 3.76. The first-order valence-electron chi connectivity index (χ1n) is 5.71. The molecule has 1 heterocycles. The molecule has 0 aliphatic carbocycles. The molecule has 3 N–H and O–H groups in total. The molecule has 2 rings (SSSR count). The topological polar surface area (TPSA) is 76.2 Å². The largest absolute Gasteiger partial charge is 0.477 e. The number of nitrogens with two attached hydrogens (primary N) is 1. The van der Waals surface area contributed by atoms with Gasteiger partial charge in [0.15, 0.2) is 0 Å². The number of aryl methyl sites for hydroxylation is 1. The summed E-state index contributed by atoms with van der Waals surface area (Å²) in [7, 11) is 0. The van der Waals surface area contributed by atoms with Crippen LogP contribution in [0.2, 0.25) is 0 Å². The molecule has 0 saturated carbocycles. The molecule has 2 aromatic rings. The number of benzene rings is 1. The van der Waals surface area contributed by atoms with Crippen molar-refractivity contribution >= 4 is 29.7 Å². The van der Waals surface area contributed by atoms with Gasteiger partial charge in [-0.1, -0.05) is 30.3 Å². The number of nitrogens with zero attached hydrogens (tertiary/aromatic N) is 1. The Kier molecular flexibility index (Phi) is 5.95. The van der Waals surface area contributed by atoms with Crippen LogP contribution < -0.4 is 5.73 Å². The molecule has 0 atom stereocenters. The maximum absolute atomic E-state index is 11.2. The predicted octanol–water partition coefficient (Wildman–Crippen LogP) is 2.82. The SMILES string of the molecule is Cl.NCCCc1nc(-c2ccccc2)c(C(=O)O)s1. The highest BCUT2D eigenvalue weighted by molar-refractivity contribution is 7.14. The molecule has 0 fully saturated rings. The Hall–Kier alpha value is -1.43. The Morgan fingerprint density at radius 2 is 2.00 bits per heavy atom. The zero-order valence-electron chi connectivity index (χ0n) is 10.2. The van der Waals surface area contributed by atoms with Crippen molar-refractivity contribution in [2.24, 2.45) is 5.73 Å². The van der Waals surface area contributed by atoms with Crippen LogP contribution in [0.15, 0.2) is 30.3 Å². The van der Waals surface area contributed by atoms with Gasteiger partial charge in [-0.05, 0) is 13.0 Å². The molecule has 6 heteroatoms. The van der Waals surface area contributed by atoms with Gasteiger partial charge in [-0.25, -0.2) is 9.78 Å². The van der Waals surface area contributed by atoms with Crippen LogP contribution in [0.5, 0.6) is 0 Å². The average Bonchev–Trinajstić information content (AvgIpc) is 2.82. The number of thiazole rings is 1. The molecule has 0 aliphatic heterocycles. The Bertz CT molecular complexity index is 543. The lowest BCUT2D eigenvalue weighted by molar-refractivity contribution is 0.0702. The Morgan fingerprint density at radius 3 is 2.58 bits per heavy atom. The van der Waals surface area contributed by atoms with Gasteiger partial charge in [-0.15, -0.1) is 23.7 Å². The molecule has 1 aromatic heterocycles. The minimum atomic E-state index is -0.926. The molecule has 0 aliphatic rings. The summed E-state index contributed by atoms with van der Waals surface area (Å²) >= 11 is 1.24. The van der Waals surface area contributed by atoms with Gasteiger partial charge in [0.1, 0.15) is 4.88 Å². The number of halogens is 1. The van der Waals surface area contributed by atoms with E-state index in [0.29, 0.717) is 17.1 Å². The lowest BCUT2D eigenvalue weighted by Crippen LogP contribution is -1.99. The molecule has 0 unspecified atom stereocenters. The van der Waals surface area contributed by atoms with E-state index in [4.69, 9.17) is 5.73 Å². The van der Waals surface area contributed by atoms with Crippen molar-refractivity contribution in [3.63, 3.8) is 0 Å². The van der Waals surface area contributed by atoms with Crippen molar-refractivity contribution in [1.29, 1.82) is 0 Å². The summed E-state index contributed by atoms with van der Waals surface area (Å²) in [5.41, 5.74) is 6.85. The fourth-order valence-electron chi connectivity index (χ4n) is 1.66. The van der Waals surface area contributed by atoms with Gasteiger partial charge in [-0.2, -0.15) is 0 Å². The van der Waals surface area contributed by atoms with Gasteiger partial charge in [0.2, 0.25) is 0 Å². The van der Waals surface area contributed by atoms with Crippen LogP contribution in [0.3, 0.4) is 0 Å². The van der Waals surface area contributed by atoms with E-state index in [2.05, 4.69) is 4.98 Å². The summed E-state index contributed by atoms with van der Waals surface area (Å²) in [6, 6.07) is 9.38. The van der Waals surface area contributed by atoms with Crippen molar-refractivity contribution in [3.05, 3.63) is 40.2 Å². The van der Waals surface area contributed by atoms with Gasteiger partial charge in [-0.3, -0.25) is 0 Å². The van der Waals surface area contributed by atoms with Crippen molar-refractivity contribution in [3.8, 4) is 11.3 Å². The van der Waals surface area contributed by atoms with Crippen LogP contribution in [0.25, 0.3) is 11.3 Å². The highest BCUT2D eigenvalue weighted by atomic mass is 35.5. The number of carboxylic acid groups (broad SMARTS) is 1. The van der Waals surface area contributed by atoms with E-state index < -0.39 is 5.97 Å². The number of hydrogen-bond donors (Lipinski definition) is 2. The van der Waals surface area contributed by atoms with Crippen molar-refractivity contribution < 1.29 is 9.90 Å². The molecule has 1 aromatic carbocycles. The van der Waals surface area contributed by atoms with Crippen molar-refractivity contribution in [2.45, 2.75) is 12.8 Å². The lowest BCUT2D eigenvalue weighted by Gasteiger charge is -1.97. The molecule has 0 saturated heterocycles. The van der Waals surface area contributed by atoms with Crippen LogP contribution in [0.4, 0.5) is 0 Å². The summed E-state index contributed by atoms with van der Waals surface area (Å²) in [5.74, 6) is -0.926. The van der Waals surface area contributed by atoms with Gasteiger partial charge < -0.3 is 10.8 Å². The quantitative estimate of drug-likeness (QED) is 0.890. The molecular weight excluding hydrogens is 284 g/mol. The number of aromatic carboxylic acids is 1. The Balaban J connectivity index is 0.00000180. The van der Waals surface area contributed by atoms with E-state index in [1.165, 1.54) is 11.3 Å². The molecule has 0 bridgehead atoms. The smallest absolute Gasteiger partial charge is 0.348 e. The monoisotopic (exact) mass is 298 g/mol. The number of hydrogen-bond acceptors (Lipinski definition) is 4. The third-order valence-corrected chi connectivity index (χ3v) is 3.61. The molecule has 0 radical (unpaired) electrons. The van der Waals surface area contributed by atoms with E-state index >= 15 is 0 Å². The van der Waals surface area contributed by atoms with E-state index in [1.807, 2.05) is 30.3 Å². The standard InChI is InChI=1S/C13H14N2O2S.ClH/c14-8-4-7-10-15-11(12(18-10)13(16)17)9-5-2-1-3-6-9;/h1-3,5-6H,4,7-8,14H2,(H,16,17);1H. The van der Waals surface area contributed by atoms with Crippen LogP contribution in [-0.4, -0.2) is 22.6 Å².